The molecule has 0 amide bonds. The molecule has 0 N–H and O–H groups in total. The molecule has 0 fully saturated rings. The molecule has 0 saturated heterocycles. The van der Waals surface area contributed by atoms with E-state index in [1.54, 1.807) is 12.4 Å². The topological polar surface area (TPSA) is 60.5 Å². The average molecular weight is 275 g/mol. The predicted molar refractivity (Wildman–Crippen MR) is 82.6 cm³/mol. The SMILES string of the molecule is CC1(C)CC(/C=C/c2cccnc2)=CC(=C(C#N)C#N)C1. The Bertz CT molecular complexity index is 676. The van der Waals surface area contributed by atoms with E-state index in [0.29, 0.717) is 0 Å². The lowest BCUT2D eigenvalue weighted by Gasteiger charge is -2.30. The highest BCUT2D eigenvalue weighted by Gasteiger charge is 2.26. The summed E-state index contributed by atoms with van der Waals surface area (Å²) < 4.78 is 0. The van der Waals surface area contributed by atoms with Crippen molar-refractivity contribution in [3.8, 4) is 12.1 Å². The second-order valence-electron chi connectivity index (χ2n) is 5.98. The van der Waals surface area contributed by atoms with Crippen LogP contribution in [0.1, 0.15) is 32.3 Å². The number of hydrogen-bond acceptors (Lipinski definition) is 3. The molecular weight excluding hydrogens is 258 g/mol. The summed E-state index contributed by atoms with van der Waals surface area (Å²) in [7, 11) is 0. The summed E-state index contributed by atoms with van der Waals surface area (Å²) in [5.41, 5.74) is 3.27. The molecule has 0 saturated carbocycles. The fraction of sp³-hybridized carbons (Fsp3) is 0.278. The highest BCUT2D eigenvalue weighted by Crippen LogP contribution is 2.39. The summed E-state index contributed by atoms with van der Waals surface area (Å²) in [6, 6.07) is 7.87. The van der Waals surface area contributed by atoms with Crippen molar-refractivity contribution in [2.75, 3.05) is 0 Å². The minimum atomic E-state index is 0.0532. The molecule has 0 radical (unpaired) electrons. The zero-order valence-electron chi connectivity index (χ0n) is 12.3. The van der Waals surface area contributed by atoms with Gasteiger partial charge in [-0.2, -0.15) is 10.5 Å². The largest absolute Gasteiger partial charge is 0.264 e. The average Bonchev–Trinajstić information content (AvgIpc) is 2.46. The zero-order valence-corrected chi connectivity index (χ0v) is 12.3. The van der Waals surface area contributed by atoms with E-state index < -0.39 is 0 Å². The molecule has 3 heteroatoms. The van der Waals surface area contributed by atoms with Gasteiger partial charge in [0.2, 0.25) is 0 Å². The Hall–Kier alpha value is -2.65. The van der Waals surface area contributed by atoms with Gasteiger partial charge in [0.15, 0.2) is 0 Å². The summed E-state index contributed by atoms with van der Waals surface area (Å²) in [5.74, 6) is 0. The summed E-state index contributed by atoms with van der Waals surface area (Å²) in [4.78, 5) is 4.08. The summed E-state index contributed by atoms with van der Waals surface area (Å²) in [6.45, 7) is 4.31. The molecule has 0 aromatic carbocycles. The predicted octanol–water partition coefficient (Wildman–Crippen LogP) is 4.18. The van der Waals surface area contributed by atoms with Crippen LogP contribution in [0.25, 0.3) is 6.08 Å². The van der Waals surface area contributed by atoms with Gasteiger partial charge in [-0.15, -0.1) is 0 Å². The first kappa shape index (κ1) is 14.8. The Labute approximate surface area is 125 Å². The number of hydrogen-bond donors (Lipinski definition) is 0. The van der Waals surface area contributed by atoms with Gasteiger partial charge < -0.3 is 0 Å². The lowest BCUT2D eigenvalue weighted by molar-refractivity contribution is 0.354. The number of pyridine rings is 1. The second kappa shape index (κ2) is 6.20. The number of rotatable bonds is 2. The molecule has 21 heavy (non-hydrogen) atoms. The molecule has 1 heterocycles. The standard InChI is InChI=1S/C18H17N3/c1-18(2)9-15(6-5-14-4-3-7-21-13-14)8-16(10-18)17(11-19)12-20/h3-8,13H,9-10H2,1-2H3/b6-5+. The first-order valence-corrected chi connectivity index (χ1v) is 6.86. The van der Waals surface area contributed by atoms with Crippen molar-refractivity contribution in [3.05, 3.63) is 59.0 Å². The van der Waals surface area contributed by atoms with Crippen LogP contribution in [0.5, 0.6) is 0 Å². The van der Waals surface area contributed by atoms with Gasteiger partial charge in [0.25, 0.3) is 0 Å². The fourth-order valence-electron chi connectivity index (χ4n) is 2.57. The van der Waals surface area contributed by atoms with Gasteiger partial charge in [-0.1, -0.05) is 38.1 Å². The number of nitrogens with zero attached hydrogens (tertiary/aromatic N) is 3. The Morgan fingerprint density at radius 1 is 1.24 bits per heavy atom. The maximum atomic E-state index is 9.06. The van der Waals surface area contributed by atoms with Crippen LogP contribution in [0.3, 0.4) is 0 Å². The molecule has 0 spiro atoms. The van der Waals surface area contributed by atoms with Crippen LogP contribution in [0.2, 0.25) is 0 Å². The molecule has 1 aromatic rings. The van der Waals surface area contributed by atoms with Crippen molar-refractivity contribution in [2.24, 2.45) is 5.41 Å². The Balaban J connectivity index is 2.35. The van der Waals surface area contributed by atoms with Crippen LogP contribution < -0.4 is 0 Å². The molecule has 0 bridgehead atoms. The Morgan fingerprint density at radius 3 is 2.62 bits per heavy atom. The maximum absolute atomic E-state index is 9.06. The van der Waals surface area contributed by atoms with E-state index in [9.17, 15) is 0 Å². The van der Waals surface area contributed by atoms with Gasteiger partial charge in [0, 0.05) is 12.4 Å². The van der Waals surface area contributed by atoms with Crippen molar-refractivity contribution in [3.63, 3.8) is 0 Å². The smallest absolute Gasteiger partial charge is 0.132 e. The molecule has 0 atom stereocenters. The zero-order chi connectivity index (χ0) is 15.3. The monoisotopic (exact) mass is 275 g/mol. The van der Waals surface area contributed by atoms with E-state index in [0.717, 1.165) is 29.6 Å². The first-order valence-electron chi connectivity index (χ1n) is 6.86. The fourth-order valence-corrected chi connectivity index (χ4v) is 2.57. The molecular formula is C18H17N3. The minimum Gasteiger partial charge on any atom is -0.264 e. The minimum absolute atomic E-state index is 0.0532. The van der Waals surface area contributed by atoms with Gasteiger partial charge in [-0.05, 0) is 41.0 Å². The summed E-state index contributed by atoms with van der Waals surface area (Å²) in [6.07, 6.45) is 11.3. The van der Waals surface area contributed by atoms with Crippen LogP contribution in [0, 0.1) is 28.1 Å². The number of allylic oxidation sites excluding steroid dienone is 5. The third kappa shape index (κ3) is 3.91. The van der Waals surface area contributed by atoms with Crippen molar-refractivity contribution < 1.29 is 0 Å². The van der Waals surface area contributed by atoms with E-state index in [1.807, 2.05) is 42.5 Å². The highest BCUT2D eigenvalue weighted by molar-refractivity contribution is 5.55. The van der Waals surface area contributed by atoms with Crippen LogP contribution >= 0.6 is 0 Å². The van der Waals surface area contributed by atoms with Gasteiger partial charge in [0.05, 0.1) is 0 Å². The molecule has 1 aliphatic rings. The van der Waals surface area contributed by atoms with Crippen LogP contribution in [-0.2, 0) is 0 Å². The third-order valence-electron chi connectivity index (χ3n) is 3.43. The lowest BCUT2D eigenvalue weighted by Crippen LogP contribution is -2.17. The van der Waals surface area contributed by atoms with Crippen molar-refractivity contribution >= 4 is 6.08 Å². The number of aromatic nitrogens is 1. The van der Waals surface area contributed by atoms with E-state index in [4.69, 9.17) is 10.5 Å². The van der Waals surface area contributed by atoms with Gasteiger partial charge >= 0.3 is 0 Å². The van der Waals surface area contributed by atoms with E-state index in [2.05, 4.69) is 18.8 Å². The summed E-state index contributed by atoms with van der Waals surface area (Å²) >= 11 is 0. The van der Waals surface area contributed by atoms with Crippen molar-refractivity contribution in [1.29, 1.82) is 10.5 Å². The van der Waals surface area contributed by atoms with Gasteiger partial charge in [-0.3, -0.25) is 4.98 Å². The normalized spacial score (nSPS) is 17.0. The van der Waals surface area contributed by atoms with Crippen LogP contribution in [0.4, 0.5) is 0 Å². The molecule has 3 nitrogen and oxygen atoms in total. The van der Waals surface area contributed by atoms with Crippen LogP contribution in [-0.4, -0.2) is 4.98 Å². The third-order valence-corrected chi connectivity index (χ3v) is 3.43. The lowest BCUT2D eigenvalue weighted by atomic mass is 9.74. The van der Waals surface area contributed by atoms with Crippen molar-refractivity contribution in [1.82, 2.24) is 4.98 Å². The first-order chi connectivity index (χ1) is 10.0. The van der Waals surface area contributed by atoms with E-state index >= 15 is 0 Å². The Morgan fingerprint density at radius 2 is 2.00 bits per heavy atom. The van der Waals surface area contributed by atoms with Gasteiger partial charge in [0.1, 0.15) is 17.7 Å². The van der Waals surface area contributed by atoms with Crippen molar-refractivity contribution in [2.45, 2.75) is 26.7 Å². The Kier molecular flexibility index (Phi) is 4.36. The molecule has 0 unspecified atom stereocenters. The molecule has 1 aliphatic carbocycles. The molecule has 0 aliphatic heterocycles. The number of nitriles is 2. The summed E-state index contributed by atoms with van der Waals surface area (Å²) in [5, 5.41) is 18.1. The molecule has 104 valence electrons. The van der Waals surface area contributed by atoms with Crippen LogP contribution in [0.15, 0.2) is 53.4 Å². The van der Waals surface area contributed by atoms with E-state index in [1.165, 1.54) is 0 Å². The second-order valence-corrected chi connectivity index (χ2v) is 5.98. The van der Waals surface area contributed by atoms with E-state index in [-0.39, 0.29) is 11.0 Å². The highest BCUT2D eigenvalue weighted by atomic mass is 14.6. The molecule has 1 aromatic heterocycles. The quantitative estimate of drug-likeness (QED) is 0.760. The van der Waals surface area contributed by atoms with Gasteiger partial charge in [-0.25, -0.2) is 0 Å². The molecule has 2 rings (SSSR count). The maximum Gasteiger partial charge on any atom is 0.132 e.